The van der Waals surface area contributed by atoms with Crippen LogP contribution in [0.1, 0.15) is 11.1 Å². The zero-order valence-electron chi connectivity index (χ0n) is 11.7. The molecule has 0 spiro atoms. The fourth-order valence-corrected chi connectivity index (χ4v) is 3.22. The monoisotopic (exact) mass is 291 g/mol. The molecule has 6 heteroatoms. The molecule has 0 unspecified atom stereocenters. The van der Waals surface area contributed by atoms with Gasteiger partial charge in [0, 0.05) is 13.2 Å². The lowest BCUT2D eigenvalue weighted by atomic mass is 10.1. The summed E-state index contributed by atoms with van der Waals surface area (Å²) in [5, 5.41) is 0. The van der Waals surface area contributed by atoms with Crippen molar-refractivity contribution >= 4 is 21.4 Å². The summed E-state index contributed by atoms with van der Waals surface area (Å²) in [6, 6.07) is 6.65. The number of nitrogens with two attached hydrogens (primary N) is 1. The molecule has 0 amide bonds. The fraction of sp³-hybridized carbons (Fsp3) is 0.214. The minimum Gasteiger partial charge on any atom is -0.398 e. The fourth-order valence-electron chi connectivity index (χ4n) is 1.86. The van der Waals surface area contributed by atoms with Gasteiger partial charge in [0.25, 0.3) is 10.0 Å². The Morgan fingerprint density at radius 3 is 2.45 bits per heavy atom. The highest BCUT2D eigenvalue weighted by atomic mass is 32.2. The topological polar surface area (TPSA) is 76.3 Å². The smallest absolute Gasteiger partial charge is 0.266 e. The molecule has 0 fully saturated rings. The minimum absolute atomic E-state index is 0.118. The summed E-state index contributed by atoms with van der Waals surface area (Å²) in [6.07, 6.45) is 3.09. The number of pyridine rings is 1. The van der Waals surface area contributed by atoms with Crippen molar-refractivity contribution in [1.29, 1.82) is 0 Å². The Kier molecular flexibility index (Phi) is 3.67. The molecule has 0 aliphatic heterocycles. The summed E-state index contributed by atoms with van der Waals surface area (Å²) < 4.78 is 26.5. The molecule has 0 bridgehead atoms. The van der Waals surface area contributed by atoms with Crippen LogP contribution in [-0.4, -0.2) is 20.4 Å². The third-order valence-corrected chi connectivity index (χ3v) is 5.12. The Hall–Kier alpha value is -2.08. The van der Waals surface area contributed by atoms with Crippen LogP contribution in [0.25, 0.3) is 0 Å². The summed E-state index contributed by atoms with van der Waals surface area (Å²) in [6.45, 7) is 3.75. The lowest BCUT2D eigenvalue weighted by Crippen LogP contribution is -2.27. The first kappa shape index (κ1) is 14.3. The minimum atomic E-state index is -3.69. The van der Waals surface area contributed by atoms with E-state index >= 15 is 0 Å². The summed E-state index contributed by atoms with van der Waals surface area (Å²) >= 11 is 0. The largest absolute Gasteiger partial charge is 0.398 e. The number of anilines is 2. The number of hydrogen-bond donors (Lipinski definition) is 1. The zero-order valence-corrected chi connectivity index (χ0v) is 12.5. The van der Waals surface area contributed by atoms with Crippen LogP contribution < -0.4 is 10.0 Å². The lowest BCUT2D eigenvalue weighted by molar-refractivity contribution is 0.594. The SMILES string of the molecule is Cc1cc(N)c(S(=O)(=O)N(C)c2cccnc2)cc1C. The normalized spacial score (nSPS) is 11.3. The highest BCUT2D eigenvalue weighted by molar-refractivity contribution is 7.93. The van der Waals surface area contributed by atoms with Gasteiger partial charge >= 0.3 is 0 Å². The number of sulfonamides is 1. The second-order valence-electron chi connectivity index (χ2n) is 4.66. The Balaban J connectivity index is 2.54. The molecule has 0 saturated heterocycles. The molecule has 2 rings (SSSR count). The van der Waals surface area contributed by atoms with Gasteiger partial charge in [0.05, 0.1) is 17.6 Å². The van der Waals surface area contributed by atoms with Crippen molar-refractivity contribution in [3.63, 3.8) is 0 Å². The summed E-state index contributed by atoms with van der Waals surface area (Å²) in [5.74, 6) is 0. The maximum Gasteiger partial charge on any atom is 0.266 e. The average Bonchev–Trinajstić information content (AvgIpc) is 2.42. The van der Waals surface area contributed by atoms with Crippen LogP contribution in [0.5, 0.6) is 0 Å². The third kappa shape index (κ3) is 2.46. The van der Waals surface area contributed by atoms with Gasteiger partial charge in [-0.2, -0.15) is 0 Å². The Morgan fingerprint density at radius 2 is 1.85 bits per heavy atom. The van der Waals surface area contributed by atoms with Gasteiger partial charge in [-0.3, -0.25) is 9.29 Å². The molecule has 0 aliphatic carbocycles. The first-order valence-corrected chi connectivity index (χ1v) is 7.53. The standard InChI is InChI=1S/C14H17N3O2S/c1-10-7-13(15)14(8-11(10)2)20(18,19)17(3)12-5-4-6-16-9-12/h4-9H,15H2,1-3H3. The van der Waals surface area contributed by atoms with Gasteiger partial charge in [-0.05, 0) is 49.2 Å². The predicted octanol–water partition coefficient (Wildman–Crippen LogP) is 2.11. The number of hydrogen-bond acceptors (Lipinski definition) is 4. The van der Waals surface area contributed by atoms with Gasteiger partial charge in [-0.15, -0.1) is 0 Å². The van der Waals surface area contributed by atoms with Crippen LogP contribution >= 0.6 is 0 Å². The van der Waals surface area contributed by atoms with Gasteiger partial charge in [0.2, 0.25) is 0 Å². The van der Waals surface area contributed by atoms with E-state index in [0.29, 0.717) is 5.69 Å². The third-order valence-electron chi connectivity index (χ3n) is 3.27. The van der Waals surface area contributed by atoms with Crippen molar-refractivity contribution < 1.29 is 8.42 Å². The zero-order chi connectivity index (χ0) is 14.9. The molecule has 0 radical (unpaired) electrons. The van der Waals surface area contributed by atoms with E-state index in [9.17, 15) is 8.42 Å². The highest BCUT2D eigenvalue weighted by Gasteiger charge is 2.24. The van der Waals surface area contributed by atoms with Crippen LogP contribution in [0.3, 0.4) is 0 Å². The van der Waals surface area contributed by atoms with Crippen LogP contribution in [0.2, 0.25) is 0 Å². The predicted molar refractivity (Wildman–Crippen MR) is 80.2 cm³/mol. The number of nitrogens with zero attached hydrogens (tertiary/aromatic N) is 2. The van der Waals surface area contributed by atoms with E-state index in [1.807, 2.05) is 13.8 Å². The van der Waals surface area contributed by atoms with Crippen LogP contribution in [-0.2, 0) is 10.0 Å². The van der Waals surface area contributed by atoms with Crippen molar-refractivity contribution in [1.82, 2.24) is 4.98 Å². The Morgan fingerprint density at radius 1 is 1.20 bits per heavy atom. The van der Waals surface area contributed by atoms with Crippen molar-refractivity contribution in [2.75, 3.05) is 17.1 Å². The van der Waals surface area contributed by atoms with Gasteiger partial charge < -0.3 is 5.73 Å². The molecule has 20 heavy (non-hydrogen) atoms. The van der Waals surface area contributed by atoms with Crippen molar-refractivity contribution in [2.45, 2.75) is 18.7 Å². The van der Waals surface area contributed by atoms with Gasteiger partial charge in [-0.1, -0.05) is 0 Å². The van der Waals surface area contributed by atoms with E-state index < -0.39 is 10.0 Å². The molecule has 2 aromatic rings. The first-order chi connectivity index (χ1) is 9.34. The summed E-state index contributed by atoms with van der Waals surface area (Å²) in [7, 11) is -2.21. The van der Waals surface area contributed by atoms with Gasteiger partial charge in [-0.25, -0.2) is 8.42 Å². The number of benzene rings is 1. The molecule has 1 heterocycles. The van der Waals surface area contributed by atoms with E-state index in [4.69, 9.17) is 5.73 Å². The average molecular weight is 291 g/mol. The second kappa shape index (κ2) is 5.13. The van der Waals surface area contributed by atoms with Gasteiger partial charge in [0.15, 0.2) is 0 Å². The van der Waals surface area contributed by atoms with Crippen LogP contribution in [0, 0.1) is 13.8 Å². The lowest BCUT2D eigenvalue weighted by Gasteiger charge is -2.20. The van der Waals surface area contributed by atoms with E-state index in [2.05, 4.69) is 4.98 Å². The molecular weight excluding hydrogens is 274 g/mol. The molecule has 0 saturated carbocycles. The second-order valence-corrected chi connectivity index (χ2v) is 6.60. The summed E-state index contributed by atoms with van der Waals surface area (Å²) in [5.41, 5.74) is 8.47. The number of nitrogen functional groups attached to an aromatic ring is 1. The van der Waals surface area contributed by atoms with Crippen LogP contribution in [0.4, 0.5) is 11.4 Å². The molecule has 1 aromatic carbocycles. The van der Waals surface area contributed by atoms with Crippen LogP contribution in [0.15, 0.2) is 41.6 Å². The molecule has 1 aromatic heterocycles. The number of aromatic nitrogens is 1. The highest BCUT2D eigenvalue weighted by Crippen LogP contribution is 2.27. The number of rotatable bonds is 3. The molecule has 5 nitrogen and oxygen atoms in total. The van der Waals surface area contributed by atoms with E-state index in [1.165, 1.54) is 17.5 Å². The summed E-state index contributed by atoms with van der Waals surface area (Å²) in [4.78, 5) is 4.05. The van der Waals surface area contributed by atoms with Crippen molar-refractivity contribution in [3.05, 3.63) is 47.8 Å². The molecule has 106 valence electrons. The number of aryl methyl sites for hydroxylation is 2. The Labute approximate surface area is 119 Å². The molecular formula is C14H17N3O2S. The quantitative estimate of drug-likeness (QED) is 0.879. The van der Waals surface area contributed by atoms with E-state index in [1.54, 1.807) is 30.5 Å². The van der Waals surface area contributed by atoms with E-state index in [0.717, 1.165) is 11.1 Å². The van der Waals surface area contributed by atoms with Gasteiger partial charge in [0.1, 0.15) is 4.90 Å². The molecule has 0 atom stereocenters. The molecule has 2 N–H and O–H groups in total. The van der Waals surface area contributed by atoms with Crippen molar-refractivity contribution in [2.24, 2.45) is 0 Å². The van der Waals surface area contributed by atoms with E-state index in [-0.39, 0.29) is 10.6 Å². The van der Waals surface area contributed by atoms with Crippen molar-refractivity contribution in [3.8, 4) is 0 Å². The first-order valence-electron chi connectivity index (χ1n) is 6.09. The Bertz CT molecular complexity index is 728. The maximum absolute atomic E-state index is 12.6. The maximum atomic E-state index is 12.6. The molecule has 0 aliphatic rings.